The zero-order chi connectivity index (χ0) is 19.8. The van der Waals surface area contributed by atoms with Gasteiger partial charge in [-0.2, -0.15) is 35.1 Å². The van der Waals surface area contributed by atoms with E-state index in [1.54, 1.807) is 4.74 Å². The van der Waals surface area contributed by atoms with Gasteiger partial charge in [0.25, 0.3) is 0 Å². The summed E-state index contributed by atoms with van der Waals surface area (Å²) < 4.78 is 155. The molecule has 0 aromatic rings. The summed E-state index contributed by atoms with van der Waals surface area (Å²) in [5.74, 6) is -3.98. The van der Waals surface area contributed by atoms with Crippen LogP contribution in [-0.4, -0.2) is 48.4 Å². The van der Waals surface area contributed by atoms with Gasteiger partial charge in [0.05, 0.1) is 0 Å². The summed E-state index contributed by atoms with van der Waals surface area (Å²) in [5.41, 5.74) is 0. The third kappa shape index (κ3) is 5.82. The van der Waals surface area contributed by atoms with Gasteiger partial charge < -0.3 is 5.11 Å². The molecule has 0 aromatic heterocycles. The largest absolute Gasteiger partial charge is 0.527 e. The van der Waals surface area contributed by atoms with Gasteiger partial charge in [-0.25, -0.2) is 13.9 Å². The third-order valence-corrected chi connectivity index (χ3v) is 1.80. The van der Waals surface area contributed by atoms with Crippen molar-refractivity contribution < 1.29 is 72.0 Å². The molecule has 0 aliphatic rings. The quantitative estimate of drug-likeness (QED) is 0.640. The molecule has 0 bridgehead atoms. The van der Waals surface area contributed by atoms with Crippen LogP contribution in [-0.2, 0) is 14.2 Å². The molecular formula is C8H6F12O4. The molecule has 0 rings (SSSR count). The van der Waals surface area contributed by atoms with Crippen LogP contribution in [0, 0.1) is 0 Å². The van der Waals surface area contributed by atoms with Crippen LogP contribution in [0.25, 0.3) is 0 Å². The molecule has 1 unspecified atom stereocenters. The van der Waals surface area contributed by atoms with E-state index >= 15 is 0 Å². The molecule has 0 aromatic carbocycles. The second-order valence-electron chi connectivity index (χ2n) is 4.08. The Bertz CT molecular complexity index is 431. The molecule has 0 saturated carbocycles. The molecule has 0 aliphatic heterocycles. The molecule has 0 radical (unpaired) electrons. The van der Waals surface area contributed by atoms with Crippen molar-refractivity contribution in [3.8, 4) is 0 Å². The summed E-state index contributed by atoms with van der Waals surface area (Å²) in [7, 11) is 0. The lowest BCUT2D eigenvalue weighted by Gasteiger charge is -2.34. The van der Waals surface area contributed by atoms with Gasteiger partial charge in [-0.3, -0.25) is 4.74 Å². The minimum absolute atomic E-state index is 0.0868. The first-order chi connectivity index (χ1) is 10.2. The Morgan fingerprint density at radius 3 is 1.17 bits per heavy atom. The molecule has 146 valence electrons. The van der Waals surface area contributed by atoms with E-state index in [9.17, 15) is 52.7 Å². The normalized spacial score (nSPS) is 17.8. The maximum atomic E-state index is 12.9. The van der Waals surface area contributed by atoms with Crippen molar-refractivity contribution in [2.75, 3.05) is 6.61 Å². The summed E-state index contributed by atoms with van der Waals surface area (Å²) in [6.07, 6.45) is -33.5. The highest BCUT2D eigenvalue weighted by atomic mass is 19.4. The molecule has 0 heterocycles. The molecule has 1 atom stereocenters. The molecule has 24 heavy (non-hydrogen) atoms. The van der Waals surface area contributed by atoms with E-state index in [1.807, 2.05) is 0 Å². The molecular weight excluding hydrogens is 388 g/mol. The van der Waals surface area contributed by atoms with E-state index in [0.717, 1.165) is 0 Å². The zero-order valence-corrected chi connectivity index (χ0v) is 10.9. The lowest BCUT2D eigenvalue weighted by atomic mass is 10.4. The van der Waals surface area contributed by atoms with Crippen LogP contribution < -0.4 is 0 Å². The first kappa shape index (κ1) is 23.0. The maximum absolute atomic E-state index is 12.9. The first-order valence-corrected chi connectivity index (χ1v) is 5.16. The lowest BCUT2D eigenvalue weighted by molar-refractivity contribution is -0.560. The van der Waals surface area contributed by atoms with Crippen molar-refractivity contribution in [2.45, 2.75) is 43.6 Å². The standard InChI is InChI=1S/C8H6F12O4/c1-3(9,2-21)22-4(10,11)5(12,13)23-6(14,15)7(16,17)24-8(18,19)20/h21H,2H2,1H3. The van der Waals surface area contributed by atoms with E-state index in [-0.39, 0.29) is 6.92 Å². The highest BCUT2D eigenvalue weighted by Crippen LogP contribution is 2.48. The van der Waals surface area contributed by atoms with Gasteiger partial charge in [0, 0.05) is 0 Å². The fourth-order valence-corrected chi connectivity index (χ4v) is 0.844. The third-order valence-electron chi connectivity index (χ3n) is 1.80. The Morgan fingerprint density at radius 1 is 0.583 bits per heavy atom. The maximum Gasteiger partial charge on any atom is 0.527 e. The molecule has 0 amide bonds. The Kier molecular flexibility index (Phi) is 6.11. The fraction of sp³-hybridized carbons (Fsp3) is 1.00. The number of hydrogen-bond donors (Lipinski definition) is 1. The van der Waals surface area contributed by atoms with Gasteiger partial charge in [0.15, 0.2) is 0 Å². The van der Waals surface area contributed by atoms with Crippen molar-refractivity contribution in [2.24, 2.45) is 0 Å². The van der Waals surface area contributed by atoms with Crippen molar-refractivity contribution >= 4 is 0 Å². The summed E-state index contributed by atoms with van der Waals surface area (Å²) in [5, 5.41) is 8.18. The van der Waals surface area contributed by atoms with E-state index in [0.29, 0.717) is 0 Å². The number of aliphatic hydroxyl groups excluding tert-OH is 1. The number of hydrogen-bond acceptors (Lipinski definition) is 4. The second-order valence-corrected chi connectivity index (χ2v) is 4.08. The summed E-state index contributed by atoms with van der Waals surface area (Å²) in [4.78, 5) is 0. The van der Waals surface area contributed by atoms with Crippen LogP contribution in [0.15, 0.2) is 0 Å². The first-order valence-electron chi connectivity index (χ1n) is 5.16. The van der Waals surface area contributed by atoms with E-state index < -0.39 is 43.3 Å². The summed E-state index contributed by atoms with van der Waals surface area (Å²) in [6.45, 7) is -2.10. The molecule has 1 N–H and O–H groups in total. The number of alkyl halides is 12. The van der Waals surface area contributed by atoms with Gasteiger partial charge in [-0.15, -0.1) is 13.2 Å². The van der Waals surface area contributed by atoms with Crippen LogP contribution in [0.5, 0.6) is 0 Å². The Balaban J connectivity index is 5.45. The smallest absolute Gasteiger partial charge is 0.390 e. The Hall–Kier alpha value is -1.00. The average molecular weight is 394 g/mol. The Morgan fingerprint density at radius 2 is 0.875 bits per heavy atom. The number of aliphatic hydroxyl groups is 1. The monoisotopic (exact) mass is 394 g/mol. The number of rotatable bonds is 8. The predicted molar refractivity (Wildman–Crippen MR) is 45.7 cm³/mol. The van der Waals surface area contributed by atoms with Crippen LogP contribution in [0.1, 0.15) is 6.92 Å². The molecule has 0 fully saturated rings. The van der Waals surface area contributed by atoms with Crippen LogP contribution in [0.2, 0.25) is 0 Å². The van der Waals surface area contributed by atoms with Gasteiger partial charge >= 0.3 is 30.8 Å². The molecule has 0 spiro atoms. The van der Waals surface area contributed by atoms with E-state index in [2.05, 4.69) is 4.74 Å². The van der Waals surface area contributed by atoms with Crippen molar-refractivity contribution in [3.05, 3.63) is 0 Å². The van der Waals surface area contributed by atoms with Crippen molar-refractivity contribution in [3.63, 3.8) is 0 Å². The van der Waals surface area contributed by atoms with Gasteiger partial charge in [-0.1, -0.05) is 0 Å². The molecule has 0 aliphatic carbocycles. The zero-order valence-electron chi connectivity index (χ0n) is 10.9. The van der Waals surface area contributed by atoms with Crippen LogP contribution in [0.4, 0.5) is 52.7 Å². The van der Waals surface area contributed by atoms with Gasteiger partial charge in [-0.05, 0) is 6.92 Å². The summed E-state index contributed by atoms with van der Waals surface area (Å²) >= 11 is 0. The van der Waals surface area contributed by atoms with Gasteiger partial charge in [0.1, 0.15) is 6.61 Å². The molecule has 4 nitrogen and oxygen atoms in total. The van der Waals surface area contributed by atoms with Crippen molar-refractivity contribution in [1.29, 1.82) is 0 Å². The topological polar surface area (TPSA) is 47.9 Å². The second kappa shape index (κ2) is 6.38. The van der Waals surface area contributed by atoms with Gasteiger partial charge in [0.2, 0.25) is 5.85 Å². The minimum atomic E-state index is -6.95. The summed E-state index contributed by atoms with van der Waals surface area (Å²) in [6, 6.07) is 0. The van der Waals surface area contributed by atoms with Crippen LogP contribution >= 0.6 is 0 Å². The lowest BCUT2D eigenvalue weighted by Crippen LogP contribution is -2.57. The number of ether oxygens (including phenoxy) is 3. The Labute approximate surface area is 123 Å². The molecule has 16 heteroatoms. The molecule has 0 saturated heterocycles. The van der Waals surface area contributed by atoms with Crippen molar-refractivity contribution in [1.82, 2.24) is 0 Å². The average Bonchev–Trinajstić information content (AvgIpc) is 2.22. The predicted octanol–water partition coefficient (Wildman–Crippen LogP) is 3.61. The highest BCUT2D eigenvalue weighted by Gasteiger charge is 2.73. The fourth-order valence-electron chi connectivity index (χ4n) is 0.844. The van der Waals surface area contributed by atoms with E-state index in [4.69, 9.17) is 5.11 Å². The highest BCUT2D eigenvalue weighted by molar-refractivity contribution is 4.77. The van der Waals surface area contributed by atoms with E-state index in [1.165, 1.54) is 4.74 Å². The number of halogens is 12. The minimum Gasteiger partial charge on any atom is -0.390 e. The SMILES string of the molecule is CC(F)(CO)OC(F)(F)C(F)(F)OC(F)(F)C(F)(F)OC(F)(F)F. The van der Waals surface area contributed by atoms with Crippen LogP contribution in [0.3, 0.4) is 0 Å².